The van der Waals surface area contributed by atoms with Gasteiger partial charge in [0, 0.05) is 6.54 Å². The summed E-state index contributed by atoms with van der Waals surface area (Å²) in [5, 5.41) is 0. The number of hydrogen-bond acceptors (Lipinski definition) is 1. The minimum absolute atomic E-state index is 0.626. The molecule has 11 heavy (non-hydrogen) atoms. The van der Waals surface area contributed by atoms with Gasteiger partial charge in [0.1, 0.15) is 0 Å². The van der Waals surface area contributed by atoms with Gasteiger partial charge in [-0.15, -0.1) is 0 Å². The molecule has 0 saturated heterocycles. The number of hydrogen-bond donors (Lipinski definition) is 0. The van der Waals surface area contributed by atoms with Crippen LogP contribution in [0.2, 0.25) is 0 Å². The first-order valence-corrected chi connectivity index (χ1v) is 4.30. The van der Waals surface area contributed by atoms with Crippen molar-refractivity contribution in [3.05, 3.63) is 12.2 Å². The molecule has 0 saturated carbocycles. The Kier molecular flexibility index (Phi) is 5.81. The van der Waals surface area contributed by atoms with Gasteiger partial charge in [0.15, 0.2) is 0 Å². The van der Waals surface area contributed by atoms with E-state index in [0.29, 0.717) is 5.92 Å². The lowest BCUT2D eigenvalue weighted by Gasteiger charge is -2.07. The van der Waals surface area contributed by atoms with Crippen LogP contribution in [0.15, 0.2) is 17.1 Å². The highest BCUT2D eigenvalue weighted by Gasteiger charge is 1.98. The minimum Gasteiger partial charge on any atom is -0.298 e. The summed E-state index contributed by atoms with van der Waals surface area (Å²) in [6.45, 7) is 11.3. The van der Waals surface area contributed by atoms with E-state index in [4.69, 9.17) is 0 Å². The maximum atomic E-state index is 4.14. The van der Waals surface area contributed by atoms with Gasteiger partial charge in [-0.05, 0) is 31.9 Å². The Balaban J connectivity index is 3.32. The molecule has 0 aromatic carbocycles. The molecule has 1 nitrogen and oxygen atoms in total. The van der Waals surface area contributed by atoms with E-state index in [-0.39, 0.29) is 0 Å². The highest BCUT2D eigenvalue weighted by molar-refractivity contribution is 5.53. The van der Waals surface area contributed by atoms with Crippen molar-refractivity contribution in [1.29, 1.82) is 0 Å². The molecule has 64 valence electrons. The van der Waals surface area contributed by atoms with Crippen molar-refractivity contribution in [2.45, 2.75) is 33.6 Å². The Bertz CT molecular complexity index is 134. The summed E-state index contributed by atoms with van der Waals surface area (Å²) < 4.78 is 0. The molecule has 1 heteroatoms. The molecule has 0 aliphatic rings. The van der Waals surface area contributed by atoms with E-state index < -0.39 is 0 Å². The summed E-state index contributed by atoms with van der Waals surface area (Å²) >= 11 is 0. The van der Waals surface area contributed by atoms with E-state index in [0.717, 1.165) is 19.4 Å². The van der Waals surface area contributed by atoms with Gasteiger partial charge in [0.25, 0.3) is 0 Å². The normalized spacial score (nSPS) is 11.3. The van der Waals surface area contributed by atoms with Crippen LogP contribution >= 0.6 is 0 Å². The second-order valence-electron chi connectivity index (χ2n) is 3.08. The average molecular weight is 153 g/mol. The third-order valence-electron chi connectivity index (χ3n) is 1.78. The molecule has 0 heterocycles. The smallest absolute Gasteiger partial charge is 0.0388 e. The van der Waals surface area contributed by atoms with E-state index in [9.17, 15) is 0 Å². The molecule has 0 unspecified atom stereocenters. The SMILES string of the molecule is C=C(CCCN=CC)C(C)C. The van der Waals surface area contributed by atoms with Gasteiger partial charge in [0.05, 0.1) is 0 Å². The molecule has 0 atom stereocenters. The average Bonchev–Trinajstić information content (AvgIpc) is 1.97. The first-order valence-electron chi connectivity index (χ1n) is 4.30. The molecule has 0 aromatic heterocycles. The number of nitrogens with zero attached hydrogens (tertiary/aromatic N) is 1. The molecule has 0 aliphatic heterocycles. The number of aliphatic imine (C=N–C) groups is 1. The third-order valence-corrected chi connectivity index (χ3v) is 1.78. The highest BCUT2D eigenvalue weighted by Crippen LogP contribution is 2.12. The Hall–Kier alpha value is -0.590. The lowest BCUT2D eigenvalue weighted by molar-refractivity contribution is 0.690. The molecule has 0 aromatic rings. The van der Waals surface area contributed by atoms with Crippen molar-refractivity contribution in [2.24, 2.45) is 10.9 Å². The lowest BCUT2D eigenvalue weighted by atomic mass is 10.0. The minimum atomic E-state index is 0.626. The predicted octanol–water partition coefficient (Wildman–Crippen LogP) is 3.07. The molecule has 0 radical (unpaired) electrons. The molecule has 0 N–H and O–H groups in total. The van der Waals surface area contributed by atoms with Crippen LogP contribution in [0.3, 0.4) is 0 Å². The maximum Gasteiger partial charge on any atom is 0.0388 e. The Morgan fingerprint density at radius 2 is 2.18 bits per heavy atom. The fourth-order valence-corrected chi connectivity index (χ4v) is 0.815. The van der Waals surface area contributed by atoms with Crippen molar-refractivity contribution < 1.29 is 0 Å². The van der Waals surface area contributed by atoms with E-state index >= 15 is 0 Å². The van der Waals surface area contributed by atoms with Gasteiger partial charge in [-0.1, -0.05) is 26.0 Å². The van der Waals surface area contributed by atoms with E-state index in [1.54, 1.807) is 0 Å². The molecule has 0 bridgehead atoms. The summed E-state index contributed by atoms with van der Waals surface area (Å²) in [5.41, 5.74) is 1.34. The second-order valence-corrected chi connectivity index (χ2v) is 3.08. The van der Waals surface area contributed by atoms with Gasteiger partial charge in [-0.2, -0.15) is 0 Å². The fraction of sp³-hybridized carbons (Fsp3) is 0.700. The monoisotopic (exact) mass is 153 g/mol. The van der Waals surface area contributed by atoms with Crippen LogP contribution in [0.4, 0.5) is 0 Å². The Morgan fingerprint density at radius 3 is 2.64 bits per heavy atom. The van der Waals surface area contributed by atoms with Crippen molar-refractivity contribution in [2.75, 3.05) is 6.54 Å². The molecule has 0 spiro atoms. The predicted molar refractivity (Wildman–Crippen MR) is 52.2 cm³/mol. The first-order chi connectivity index (χ1) is 5.18. The van der Waals surface area contributed by atoms with Gasteiger partial charge in [0.2, 0.25) is 0 Å². The van der Waals surface area contributed by atoms with Crippen LogP contribution in [0, 0.1) is 5.92 Å². The van der Waals surface area contributed by atoms with Crippen LogP contribution in [0.25, 0.3) is 0 Å². The van der Waals surface area contributed by atoms with Crippen LogP contribution < -0.4 is 0 Å². The largest absolute Gasteiger partial charge is 0.298 e. The summed E-state index contributed by atoms with van der Waals surface area (Å²) in [5.74, 6) is 0.626. The van der Waals surface area contributed by atoms with Gasteiger partial charge in [-0.25, -0.2) is 0 Å². The maximum absolute atomic E-state index is 4.14. The summed E-state index contributed by atoms with van der Waals surface area (Å²) in [4.78, 5) is 4.14. The van der Waals surface area contributed by atoms with E-state index in [2.05, 4.69) is 25.4 Å². The van der Waals surface area contributed by atoms with Crippen LogP contribution in [-0.2, 0) is 0 Å². The van der Waals surface area contributed by atoms with Gasteiger partial charge in [-0.3, -0.25) is 4.99 Å². The first kappa shape index (κ1) is 10.4. The van der Waals surface area contributed by atoms with E-state index in [1.165, 1.54) is 5.57 Å². The highest BCUT2D eigenvalue weighted by atomic mass is 14.7. The zero-order chi connectivity index (χ0) is 8.69. The summed E-state index contributed by atoms with van der Waals surface area (Å²) in [6.07, 6.45) is 4.12. The molecular formula is C10H19N. The topological polar surface area (TPSA) is 12.4 Å². The zero-order valence-electron chi connectivity index (χ0n) is 7.93. The quantitative estimate of drug-likeness (QED) is 0.327. The summed E-state index contributed by atoms with van der Waals surface area (Å²) in [7, 11) is 0. The van der Waals surface area contributed by atoms with Gasteiger partial charge >= 0.3 is 0 Å². The lowest BCUT2D eigenvalue weighted by Crippen LogP contribution is -1.93. The van der Waals surface area contributed by atoms with Crippen LogP contribution in [0.1, 0.15) is 33.6 Å². The van der Waals surface area contributed by atoms with Crippen molar-refractivity contribution in [3.8, 4) is 0 Å². The van der Waals surface area contributed by atoms with Crippen molar-refractivity contribution in [1.82, 2.24) is 0 Å². The third kappa shape index (κ3) is 5.84. The van der Waals surface area contributed by atoms with Crippen molar-refractivity contribution >= 4 is 6.21 Å². The fourth-order valence-electron chi connectivity index (χ4n) is 0.815. The summed E-state index contributed by atoms with van der Waals surface area (Å²) in [6, 6.07) is 0. The number of rotatable bonds is 5. The van der Waals surface area contributed by atoms with Gasteiger partial charge < -0.3 is 0 Å². The van der Waals surface area contributed by atoms with E-state index in [1.807, 2.05) is 13.1 Å². The molecular weight excluding hydrogens is 134 g/mol. The number of allylic oxidation sites excluding steroid dienone is 1. The molecule has 0 aliphatic carbocycles. The molecule has 0 amide bonds. The Morgan fingerprint density at radius 1 is 1.55 bits per heavy atom. The van der Waals surface area contributed by atoms with Crippen molar-refractivity contribution in [3.63, 3.8) is 0 Å². The standard InChI is InChI=1S/C10H19N/c1-5-11-8-6-7-10(4)9(2)3/h5,9H,4,6-8H2,1-3H3. The van der Waals surface area contributed by atoms with Crippen LogP contribution in [0.5, 0.6) is 0 Å². The Labute approximate surface area is 70.2 Å². The van der Waals surface area contributed by atoms with Crippen LogP contribution in [-0.4, -0.2) is 12.8 Å². The molecule has 0 fully saturated rings. The molecule has 0 rings (SSSR count). The second kappa shape index (κ2) is 6.14. The zero-order valence-corrected chi connectivity index (χ0v) is 7.93.